The lowest BCUT2D eigenvalue weighted by atomic mass is 10.0. The van der Waals surface area contributed by atoms with Crippen molar-refractivity contribution in [2.24, 2.45) is 5.14 Å². The van der Waals surface area contributed by atoms with E-state index >= 15 is 0 Å². The molecule has 0 aliphatic heterocycles. The van der Waals surface area contributed by atoms with Crippen LogP contribution in [0.2, 0.25) is 0 Å². The van der Waals surface area contributed by atoms with Gasteiger partial charge in [0.05, 0.1) is 22.3 Å². The number of nitrogens with two attached hydrogens (primary N) is 1. The third-order valence-electron chi connectivity index (χ3n) is 4.14. The summed E-state index contributed by atoms with van der Waals surface area (Å²) in [6.45, 7) is 1.95. The van der Waals surface area contributed by atoms with E-state index < -0.39 is 21.0 Å². The average molecular weight is 398 g/mol. The normalized spacial score (nSPS) is 12.4. The minimum atomic E-state index is -4.20. The molecule has 0 aliphatic rings. The van der Waals surface area contributed by atoms with E-state index in [0.717, 1.165) is 17.2 Å². The van der Waals surface area contributed by atoms with Crippen LogP contribution in [0.4, 0.5) is 11.4 Å². The number of nitro benzene ring substituents is 1. The molecule has 0 aliphatic carbocycles. The maximum Gasteiger partial charge on any atom is 0.270 e. The van der Waals surface area contributed by atoms with E-state index in [1.807, 2.05) is 43.3 Å². The summed E-state index contributed by atoms with van der Waals surface area (Å²) in [7, 11) is -4.20. The van der Waals surface area contributed by atoms with Crippen LogP contribution in [0.1, 0.15) is 22.9 Å². The number of benzene rings is 2. The summed E-state index contributed by atoms with van der Waals surface area (Å²) in [5.41, 5.74) is 2.34. The highest BCUT2D eigenvalue weighted by Crippen LogP contribution is 2.31. The van der Waals surface area contributed by atoms with Gasteiger partial charge in [0.15, 0.2) is 0 Å². The van der Waals surface area contributed by atoms with Gasteiger partial charge in [-0.3, -0.25) is 15.1 Å². The highest BCUT2D eigenvalue weighted by atomic mass is 32.2. The van der Waals surface area contributed by atoms with Gasteiger partial charge in [0.2, 0.25) is 10.0 Å². The number of non-ortho nitro benzene ring substituents is 1. The molecule has 0 radical (unpaired) electrons. The first-order valence-corrected chi connectivity index (χ1v) is 9.85. The van der Waals surface area contributed by atoms with Gasteiger partial charge in [-0.2, -0.15) is 0 Å². The van der Waals surface area contributed by atoms with E-state index in [2.05, 4.69) is 10.3 Å². The van der Waals surface area contributed by atoms with Gasteiger partial charge >= 0.3 is 0 Å². The fourth-order valence-corrected chi connectivity index (χ4v) is 3.58. The Balaban J connectivity index is 2.13. The fourth-order valence-electron chi connectivity index (χ4n) is 2.86. The van der Waals surface area contributed by atoms with E-state index in [4.69, 9.17) is 5.14 Å². The first-order valence-electron chi connectivity index (χ1n) is 8.31. The van der Waals surface area contributed by atoms with Gasteiger partial charge < -0.3 is 5.32 Å². The van der Waals surface area contributed by atoms with Crippen LogP contribution in [0.15, 0.2) is 71.8 Å². The molecule has 3 rings (SSSR count). The molecule has 0 spiro atoms. The van der Waals surface area contributed by atoms with Crippen molar-refractivity contribution < 1.29 is 13.3 Å². The van der Waals surface area contributed by atoms with E-state index in [0.29, 0.717) is 5.69 Å². The predicted molar refractivity (Wildman–Crippen MR) is 105 cm³/mol. The summed E-state index contributed by atoms with van der Waals surface area (Å²) >= 11 is 0. The van der Waals surface area contributed by atoms with Gasteiger partial charge in [0.1, 0.15) is 4.90 Å². The zero-order chi connectivity index (χ0) is 20.3. The Morgan fingerprint density at radius 1 is 1.11 bits per heavy atom. The first-order chi connectivity index (χ1) is 13.3. The average Bonchev–Trinajstić information content (AvgIpc) is 2.66. The quantitative estimate of drug-likeness (QED) is 0.485. The van der Waals surface area contributed by atoms with Crippen LogP contribution >= 0.6 is 0 Å². The van der Waals surface area contributed by atoms with Crippen LogP contribution in [0.25, 0.3) is 0 Å². The third-order valence-corrected chi connectivity index (χ3v) is 5.09. The number of primary sulfonamides is 1. The zero-order valence-corrected chi connectivity index (χ0v) is 15.8. The smallest absolute Gasteiger partial charge is 0.270 e. The van der Waals surface area contributed by atoms with E-state index in [1.165, 1.54) is 12.1 Å². The Bertz CT molecular complexity index is 1120. The third kappa shape index (κ3) is 4.33. The lowest BCUT2D eigenvalue weighted by molar-refractivity contribution is -0.385. The van der Waals surface area contributed by atoms with Crippen molar-refractivity contribution >= 4 is 21.4 Å². The van der Waals surface area contributed by atoms with Gasteiger partial charge in [-0.25, -0.2) is 13.6 Å². The largest absolute Gasteiger partial charge is 0.372 e. The molecule has 3 N–H and O–H groups in total. The number of nitrogens with zero attached hydrogens (tertiary/aromatic N) is 2. The molecule has 0 bridgehead atoms. The first kappa shape index (κ1) is 19.5. The standard InChI is InChI=1S/C19H18N4O4S/c1-13-5-4-6-14(11-13)19(17-7-2-3-10-21-17)22-16-9-8-15(23(24)25)12-18(16)28(20,26)27/h2-12,19,22H,1H3,(H2,20,26,27). The minimum Gasteiger partial charge on any atom is -0.372 e. The number of aryl methyl sites for hydroxylation is 1. The molecule has 2 aromatic carbocycles. The molecule has 1 aromatic heterocycles. The predicted octanol–water partition coefficient (Wildman–Crippen LogP) is 3.15. The molecule has 0 fully saturated rings. The Kier molecular flexibility index (Phi) is 5.39. The lowest BCUT2D eigenvalue weighted by Gasteiger charge is -2.22. The molecular weight excluding hydrogens is 380 g/mol. The zero-order valence-electron chi connectivity index (χ0n) is 14.9. The van der Waals surface area contributed by atoms with Crippen molar-refractivity contribution in [1.29, 1.82) is 0 Å². The summed E-state index contributed by atoms with van der Waals surface area (Å²) < 4.78 is 24.1. The number of nitrogens with one attached hydrogen (secondary N) is 1. The van der Waals surface area contributed by atoms with Crippen LogP contribution in [0.3, 0.4) is 0 Å². The molecule has 144 valence electrons. The van der Waals surface area contributed by atoms with Crippen molar-refractivity contribution in [1.82, 2.24) is 4.98 Å². The summed E-state index contributed by atoms with van der Waals surface area (Å²) in [5, 5.41) is 19.5. The minimum absolute atomic E-state index is 0.158. The Labute approximate surface area is 162 Å². The highest BCUT2D eigenvalue weighted by molar-refractivity contribution is 7.89. The van der Waals surface area contributed by atoms with Gasteiger partial charge in [-0.05, 0) is 30.7 Å². The molecule has 28 heavy (non-hydrogen) atoms. The summed E-state index contributed by atoms with van der Waals surface area (Å²) in [6.07, 6.45) is 1.64. The molecule has 0 saturated heterocycles. The number of hydrogen-bond acceptors (Lipinski definition) is 6. The van der Waals surface area contributed by atoms with Crippen LogP contribution in [-0.4, -0.2) is 18.3 Å². The molecule has 3 aromatic rings. The highest BCUT2D eigenvalue weighted by Gasteiger charge is 2.23. The summed E-state index contributed by atoms with van der Waals surface area (Å²) in [4.78, 5) is 14.4. The van der Waals surface area contributed by atoms with Crippen molar-refractivity contribution in [3.8, 4) is 0 Å². The van der Waals surface area contributed by atoms with Crippen molar-refractivity contribution in [3.63, 3.8) is 0 Å². The number of aromatic nitrogens is 1. The molecule has 1 heterocycles. The second-order valence-electron chi connectivity index (χ2n) is 6.23. The number of sulfonamides is 1. The Morgan fingerprint density at radius 2 is 1.89 bits per heavy atom. The maximum absolute atomic E-state index is 12.0. The molecule has 0 amide bonds. The second-order valence-corrected chi connectivity index (χ2v) is 7.76. The Hall–Kier alpha value is -3.30. The molecule has 1 atom stereocenters. The number of nitro groups is 1. The molecular formula is C19H18N4O4S. The monoisotopic (exact) mass is 398 g/mol. The fraction of sp³-hybridized carbons (Fsp3) is 0.105. The number of hydrogen-bond donors (Lipinski definition) is 2. The number of rotatable bonds is 6. The van der Waals surface area contributed by atoms with Gasteiger partial charge in [0, 0.05) is 18.3 Å². The van der Waals surface area contributed by atoms with Crippen molar-refractivity contribution in [2.75, 3.05) is 5.32 Å². The Morgan fingerprint density at radius 3 is 2.50 bits per heavy atom. The van der Waals surface area contributed by atoms with E-state index in [9.17, 15) is 18.5 Å². The SMILES string of the molecule is Cc1cccc(C(Nc2ccc([N+](=O)[O-])cc2S(N)(=O)=O)c2ccccn2)c1. The molecule has 0 saturated carbocycles. The topological polar surface area (TPSA) is 128 Å². The van der Waals surface area contributed by atoms with Gasteiger partial charge in [-0.15, -0.1) is 0 Å². The molecule has 9 heteroatoms. The van der Waals surface area contributed by atoms with Crippen LogP contribution in [0, 0.1) is 17.0 Å². The van der Waals surface area contributed by atoms with Gasteiger partial charge in [0.25, 0.3) is 5.69 Å². The van der Waals surface area contributed by atoms with Gasteiger partial charge in [-0.1, -0.05) is 35.9 Å². The summed E-state index contributed by atoms with van der Waals surface area (Å²) in [5.74, 6) is 0. The van der Waals surface area contributed by atoms with E-state index in [-0.39, 0.29) is 16.3 Å². The molecule has 8 nitrogen and oxygen atoms in total. The van der Waals surface area contributed by atoms with Crippen LogP contribution in [-0.2, 0) is 10.0 Å². The van der Waals surface area contributed by atoms with E-state index in [1.54, 1.807) is 12.3 Å². The molecule has 1 unspecified atom stereocenters. The summed E-state index contributed by atoms with van der Waals surface area (Å²) in [6, 6.07) is 16.1. The number of anilines is 1. The van der Waals surface area contributed by atoms with Crippen molar-refractivity contribution in [2.45, 2.75) is 17.9 Å². The van der Waals surface area contributed by atoms with Crippen molar-refractivity contribution in [3.05, 3.63) is 93.8 Å². The maximum atomic E-state index is 12.0. The lowest BCUT2D eigenvalue weighted by Crippen LogP contribution is -2.19. The van der Waals surface area contributed by atoms with Crippen LogP contribution < -0.4 is 10.5 Å². The number of pyridine rings is 1. The second kappa shape index (κ2) is 7.75. The van der Waals surface area contributed by atoms with Crippen LogP contribution in [0.5, 0.6) is 0 Å².